The van der Waals surface area contributed by atoms with Crippen LogP contribution in [0.15, 0.2) is 21.9 Å². The molecule has 0 spiro atoms. The summed E-state index contributed by atoms with van der Waals surface area (Å²) in [6.45, 7) is 7.00. The molecule has 4 N–H and O–H groups in total. The van der Waals surface area contributed by atoms with Gasteiger partial charge in [0.1, 0.15) is 9.98 Å². The monoisotopic (exact) mass is 482 g/mol. The normalized spacial score (nSPS) is 10.7. The highest BCUT2D eigenvalue weighted by atomic mass is 33.1. The number of nitrogens with zero attached hydrogens (tertiary/aromatic N) is 2. The van der Waals surface area contributed by atoms with E-state index in [0.29, 0.717) is 20.9 Å². The molecule has 0 saturated carbocycles. The first-order valence-electron chi connectivity index (χ1n) is 8.39. The molecule has 0 saturated heterocycles. The topological polar surface area (TPSA) is 138 Å². The second kappa shape index (κ2) is 9.25. The van der Waals surface area contributed by atoms with Crippen LogP contribution in [0.1, 0.15) is 33.4 Å². The Bertz CT molecular complexity index is 1030. The van der Waals surface area contributed by atoms with Crippen LogP contribution in [0.5, 0.6) is 0 Å². The molecule has 0 atom stereocenters. The SMILES string of the molecule is Cc1cc(SSc2cc(C)c(C)c(C(N)=S)c2[N+](=O)[O-])c([N+](=O)[O-])c(C(N)=S)c1C. The van der Waals surface area contributed by atoms with Crippen molar-refractivity contribution in [1.82, 2.24) is 0 Å². The fraction of sp³-hybridized carbons (Fsp3) is 0.222. The standard InChI is InChI=1S/C18H18N4O4S4/c1-7-5-11(15(21(23)24)13(9(7)3)17(19)27)29-30-12-6-8(2)10(4)14(18(20)28)16(12)22(25)26/h5-6H,1-4H3,(H2,19,27)(H2,20,28). The molecule has 0 aliphatic carbocycles. The Labute approximate surface area is 191 Å². The van der Waals surface area contributed by atoms with E-state index in [1.54, 1.807) is 39.8 Å². The molecule has 0 aliphatic heterocycles. The Kier molecular flexibility index (Phi) is 7.40. The Hall–Kier alpha value is -2.28. The van der Waals surface area contributed by atoms with Crippen LogP contribution in [0.3, 0.4) is 0 Å². The van der Waals surface area contributed by atoms with E-state index in [1.165, 1.54) is 0 Å². The van der Waals surface area contributed by atoms with Crippen molar-refractivity contribution in [3.63, 3.8) is 0 Å². The van der Waals surface area contributed by atoms with Crippen molar-refractivity contribution in [2.75, 3.05) is 0 Å². The minimum atomic E-state index is -0.543. The quantitative estimate of drug-likeness (QED) is 0.245. The average molecular weight is 483 g/mol. The van der Waals surface area contributed by atoms with Gasteiger partial charge in [-0.3, -0.25) is 20.2 Å². The Balaban J connectivity index is 2.66. The van der Waals surface area contributed by atoms with Crippen molar-refractivity contribution in [3.8, 4) is 0 Å². The molecule has 12 heteroatoms. The first kappa shape index (κ1) is 24.0. The van der Waals surface area contributed by atoms with Crippen LogP contribution in [-0.2, 0) is 0 Å². The lowest BCUT2D eigenvalue weighted by atomic mass is 10.0. The highest BCUT2D eigenvalue weighted by Crippen LogP contribution is 2.48. The Morgan fingerprint density at radius 3 is 1.33 bits per heavy atom. The average Bonchev–Trinajstić information content (AvgIpc) is 2.62. The molecule has 0 heterocycles. The lowest BCUT2D eigenvalue weighted by Gasteiger charge is -2.14. The number of nitro benzene ring substituents is 2. The van der Waals surface area contributed by atoms with Gasteiger partial charge in [0.2, 0.25) is 0 Å². The maximum Gasteiger partial charge on any atom is 0.294 e. The van der Waals surface area contributed by atoms with Crippen LogP contribution in [-0.4, -0.2) is 19.8 Å². The van der Waals surface area contributed by atoms with Crippen molar-refractivity contribution >= 4 is 67.4 Å². The molecule has 2 rings (SSSR count). The fourth-order valence-electron chi connectivity index (χ4n) is 2.92. The highest BCUT2D eigenvalue weighted by Gasteiger charge is 2.29. The molecule has 2 aromatic rings. The van der Waals surface area contributed by atoms with Gasteiger partial charge in [-0.05, 0) is 83.7 Å². The highest BCUT2D eigenvalue weighted by molar-refractivity contribution is 8.76. The predicted octanol–water partition coefficient (Wildman–Crippen LogP) is 4.80. The lowest BCUT2D eigenvalue weighted by Crippen LogP contribution is -2.15. The number of rotatable bonds is 7. The molecule has 0 radical (unpaired) electrons. The van der Waals surface area contributed by atoms with Gasteiger partial charge in [-0.15, -0.1) is 0 Å². The van der Waals surface area contributed by atoms with E-state index in [-0.39, 0.29) is 32.5 Å². The fourth-order valence-corrected chi connectivity index (χ4v) is 5.87. The first-order chi connectivity index (χ1) is 13.9. The summed E-state index contributed by atoms with van der Waals surface area (Å²) in [4.78, 5) is 22.9. The zero-order valence-electron chi connectivity index (χ0n) is 16.5. The molecule has 158 valence electrons. The largest absolute Gasteiger partial charge is 0.389 e. The summed E-state index contributed by atoms with van der Waals surface area (Å²) >= 11 is 10.1. The third-order valence-corrected chi connectivity index (χ3v) is 7.45. The second-order valence-corrected chi connectivity index (χ2v) is 9.58. The zero-order chi connectivity index (χ0) is 22.9. The molecule has 0 aromatic heterocycles. The van der Waals surface area contributed by atoms with Crippen LogP contribution in [0.4, 0.5) is 11.4 Å². The molecule has 0 unspecified atom stereocenters. The van der Waals surface area contributed by atoms with E-state index in [2.05, 4.69) is 0 Å². The maximum absolute atomic E-state index is 11.8. The van der Waals surface area contributed by atoms with Crippen molar-refractivity contribution in [3.05, 3.63) is 65.7 Å². The summed E-state index contributed by atoms with van der Waals surface area (Å²) in [6.07, 6.45) is 0. The summed E-state index contributed by atoms with van der Waals surface area (Å²) < 4.78 is 0. The molecule has 0 bridgehead atoms. The molecule has 0 fully saturated rings. The second-order valence-electron chi connectivity index (χ2n) is 6.49. The van der Waals surface area contributed by atoms with Gasteiger partial charge in [0.25, 0.3) is 11.4 Å². The lowest BCUT2D eigenvalue weighted by molar-refractivity contribution is -0.388. The molecule has 30 heavy (non-hydrogen) atoms. The Morgan fingerprint density at radius 2 is 1.10 bits per heavy atom. The van der Waals surface area contributed by atoms with Gasteiger partial charge in [0, 0.05) is 0 Å². The number of nitrogens with two attached hydrogens (primary N) is 2. The Morgan fingerprint density at radius 1 is 0.800 bits per heavy atom. The van der Waals surface area contributed by atoms with Gasteiger partial charge in [-0.25, -0.2) is 0 Å². The first-order valence-corrected chi connectivity index (χ1v) is 11.4. The number of aryl methyl sites for hydroxylation is 2. The van der Waals surface area contributed by atoms with E-state index in [4.69, 9.17) is 35.9 Å². The summed E-state index contributed by atoms with van der Waals surface area (Å²) in [6, 6.07) is 3.29. The van der Waals surface area contributed by atoms with Gasteiger partial charge in [0.15, 0.2) is 0 Å². The van der Waals surface area contributed by atoms with Gasteiger partial charge < -0.3 is 11.5 Å². The summed E-state index contributed by atoms with van der Waals surface area (Å²) in [5.74, 6) is 0. The minimum Gasteiger partial charge on any atom is -0.389 e. The molecular weight excluding hydrogens is 464 g/mol. The maximum atomic E-state index is 11.8. The van der Waals surface area contributed by atoms with Gasteiger partial charge >= 0.3 is 0 Å². The van der Waals surface area contributed by atoms with Gasteiger partial charge in [-0.2, -0.15) is 0 Å². The minimum absolute atomic E-state index is 0.0809. The van der Waals surface area contributed by atoms with E-state index in [9.17, 15) is 20.2 Å². The van der Waals surface area contributed by atoms with Crippen molar-refractivity contribution in [1.29, 1.82) is 0 Å². The van der Waals surface area contributed by atoms with Crippen LogP contribution in [0.2, 0.25) is 0 Å². The van der Waals surface area contributed by atoms with Crippen LogP contribution >= 0.6 is 46.0 Å². The molecule has 0 amide bonds. The van der Waals surface area contributed by atoms with E-state index >= 15 is 0 Å². The zero-order valence-corrected chi connectivity index (χ0v) is 19.7. The van der Waals surface area contributed by atoms with Crippen LogP contribution < -0.4 is 11.5 Å². The van der Waals surface area contributed by atoms with Crippen LogP contribution in [0, 0.1) is 47.9 Å². The van der Waals surface area contributed by atoms with Crippen molar-refractivity contribution in [2.45, 2.75) is 37.5 Å². The number of hydrogen-bond acceptors (Lipinski definition) is 8. The van der Waals surface area contributed by atoms with Gasteiger partial charge in [-0.1, -0.05) is 24.4 Å². The van der Waals surface area contributed by atoms with Crippen molar-refractivity contribution < 1.29 is 9.85 Å². The number of benzene rings is 2. The molecular formula is C18H18N4O4S4. The predicted molar refractivity (Wildman–Crippen MR) is 129 cm³/mol. The molecule has 0 aliphatic rings. The smallest absolute Gasteiger partial charge is 0.294 e. The molecule has 2 aromatic carbocycles. The number of hydrogen-bond donors (Lipinski definition) is 2. The summed E-state index contributed by atoms with van der Waals surface area (Å²) in [5, 5.41) is 23.5. The molecule has 8 nitrogen and oxygen atoms in total. The van der Waals surface area contributed by atoms with Gasteiger partial charge in [0.05, 0.1) is 30.8 Å². The van der Waals surface area contributed by atoms with Crippen molar-refractivity contribution in [2.24, 2.45) is 11.5 Å². The number of thiocarbonyl (C=S) groups is 2. The summed E-state index contributed by atoms with van der Waals surface area (Å²) in [5.41, 5.74) is 14.2. The summed E-state index contributed by atoms with van der Waals surface area (Å²) in [7, 11) is 2.04. The van der Waals surface area contributed by atoms with E-state index in [0.717, 1.165) is 32.7 Å². The number of nitro groups is 2. The van der Waals surface area contributed by atoms with E-state index < -0.39 is 9.85 Å². The van der Waals surface area contributed by atoms with Crippen LogP contribution in [0.25, 0.3) is 0 Å². The van der Waals surface area contributed by atoms with E-state index in [1.807, 2.05) is 0 Å². The third-order valence-electron chi connectivity index (χ3n) is 4.65. The third kappa shape index (κ3) is 4.56.